The Labute approximate surface area is 94.2 Å². The van der Waals surface area contributed by atoms with Crippen LogP contribution in [0.1, 0.15) is 24.8 Å². The molecule has 3 rings (SSSR count). The molecule has 2 saturated heterocycles. The third kappa shape index (κ3) is 1.63. The van der Waals surface area contributed by atoms with Crippen LogP contribution in [-0.2, 0) is 4.74 Å². The minimum Gasteiger partial charge on any atom is -0.373 e. The Morgan fingerprint density at radius 1 is 1.50 bits per heavy atom. The van der Waals surface area contributed by atoms with Crippen LogP contribution in [0.4, 0.5) is 5.82 Å². The van der Waals surface area contributed by atoms with Crippen LogP contribution in [0, 0.1) is 11.3 Å². The van der Waals surface area contributed by atoms with Gasteiger partial charge < -0.3 is 10.1 Å². The number of aromatic nitrogens is 1. The van der Waals surface area contributed by atoms with E-state index in [2.05, 4.69) is 16.4 Å². The summed E-state index contributed by atoms with van der Waals surface area (Å²) in [6.07, 6.45) is 5.81. The first-order valence-electron chi connectivity index (χ1n) is 5.63. The zero-order valence-electron chi connectivity index (χ0n) is 8.89. The first kappa shape index (κ1) is 9.61. The van der Waals surface area contributed by atoms with Gasteiger partial charge in [0.15, 0.2) is 0 Å². The Kier molecular flexibility index (Phi) is 2.26. The topological polar surface area (TPSA) is 57.9 Å². The van der Waals surface area contributed by atoms with Gasteiger partial charge in [0.25, 0.3) is 0 Å². The smallest absolute Gasteiger partial charge is 0.127 e. The molecule has 2 aliphatic rings. The monoisotopic (exact) mass is 215 g/mol. The van der Waals surface area contributed by atoms with Crippen molar-refractivity contribution in [2.24, 2.45) is 0 Å². The van der Waals surface area contributed by atoms with Crippen molar-refractivity contribution < 1.29 is 4.74 Å². The van der Waals surface area contributed by atoms with Gasteiger partial charge in [-0.05, 0) is 31.4 Å². The molecule has 4 nitrogen and oxygen atoms in total. The maximum atomic E-state index is 8.80. The first-order valence-corrected chi connectivity index (χ1v) is 5.63. The molecule has 0 aliphatic carbocycles. The molecule has 16 heavy (non-hydrogen) atoms. The summed E-state index contributed by atoms with van der Waals surface area (Å²) in [5, 5.41) is 12.2. The van der Waals surface area contributed by atoms with Gasteiger partial charge in [-0.2, -0.15) is 5.26 Å². The highest BCUT2D eigenvalue weighted by molar-refractivity contribution is 5.43. The van der Waals surface area contributed by atoms with Gasteiger partial charge in [-0.3, -0.25) is 0 Å². The highest BCUT2D eigenvalue weighted by Crippen LogP contribution is 2.35. The predicted octanol–water partition coefficient (Wildman–Crippen LogP) is 1.69. The molecule has 0 aromatic carbocycles. The van der Waals surface area contributed by atoms with E-state index in [9.17, 15) is 0 Å². The summed E-state index contributed by atoms with van der Waals surface area (Å²) in [4.78, 5) is 4.22. The molecule has 3 atom stereocenters. The number of fused-ring (bicyclic) bond motifs is 2. The van der Waals surface area contributed by atoms with Gasteiger partial charge >= 0.3 is 0 Å². The molecule has 1 N–H and O–H groups in total. The van der Waals surface area contributed by atoms with E-state index in [1.165, 1.54) is 6.42 Å². The second-order valence-corrected chi connectivity index (χ2v) is 4.40. The van der Waals surface area contributed by atoms with E-state index in [4.69, 9.17) is 10.00 Å². The minimum absolute atomic E-state index is 0.331. The number of hydrogen-bond donors (Lipinski definition) is 1. The fourth-order valence-electron chi connectivity index (χ4n) is 2.56. The molecule has 82 valence electrons. The Balaban J connectivity index is 1.72. The Hall–Kier alpha value is -1.60. The molecule has 0 radical (unpaired) electrons. The van der Waals surface area contributed by atoms with Crippen LogP contribution in [0.3, 0.4) is 0 Å². The maximum Gasteiger partial charge on any atom is 0.127 e. The molecule has 0 saturated carbocycles. The van der Waals surface area contributed by atoms with E-state index >= 15 is 0 Å². The van der Waals surface area contributed by atoms with E-state index in [-0.39, 0.29) is 0 Å². The number of nitrogens with zero attached hydrogens (tertiary/aromatic N) is 2. The SMILES string of the molecule is N#Cc1ccnc(NC2CC3CCC2O3)c1. The summed E-state index contributed by atoms with van der Waals surface area (Å²) in [5.74, 6) is 0.778. The Morgan fingerprint density at radius 2 is 2.44 bits per heavy atom. The molecular weight excluding hydrogens is 202 g/mol. The van der Waals surface area contributed by atoms with Gasteiger partial charge in [-0.25, -0.2) is 4.98 Å². The summed E-state index contributed by atoms with van der Waals surface area (Å²) in [6.45, 7) is 0. The Bertz CT molecular complexity index is 440. The molecule has 3 unspecified atom stereocenters. The normalized spacial score (nSPS) is 31.3. The molecule has 0 amide bonds. The number of ether oxygens (including phenoxy) is 1. The molecule has 0 spiro atoms. The summed E-state index contributed by atoms with van der Waals surface area (Å²) in [7, 11) is 0. The number of nitriles is 1. The molecule has 2 aliphatic heterocycles. The van der Waals surface area contributed by atoms with E-state index in [1.807, 2.05) is 0 Å². The van der Waals surface area contributed by atoms with Crippen molar-refractivity contribution in [3.8, 4) is 6.07 Å². The second kappa shape index (κ2) is 3.76. The summed E-state index contributed by atoms with van der Waals surface area (Å²) in [5.41, 5.74) is 0.640. The van der Waals surface area contributed by atoms with Crippen molar-refractivity contribution in [3.63, 3.8) is 0 Å². The molecule has 1 aromatic heterocycles. The van der Waals surface area contributed by atoms with Crippen molar-refractivity contribution in [1.82, 2.24) is 4.98 Å². The molecule has 1 aromatic rings. The fraction of sp³-hybridized carbons (Fsp3) is 0.500. The summed E-state index contributed by atoms with van der Waals surface area (Å²) < 4.78 is 5.76. The van der Waals surface area contributed by atoms with Crippen molar-refractivity contribution >= 4 is 5.82 Å². The number of anilines is 1. The fourth-order valence-corrected chi connectivity index (χ4v) is 2.56. The van der Waals surface area contributed by atoms with Crippen LogP contribution in [-0.4, -0.2) is 23.2 Å². The first-order chi connectivity index (χ1) is 7.85. The van der Waals surface area contributed by atoms with Gasteiger partial charge in [0.05, 0.1) is 29.9 Å². The van der Waals surface area contributed by atoms with Gasteiger partial charge in [0.2, 0.25) is 0 Å². The minimum atomic E-state index is 0.331. The average Bonchev–Trinajstić information content (AvgIpc) is 2.91. The van der Waals surface area contributed by atoms with E-state index < -0.39 is 0 Å². The van der Waals surface area contributed by atoms with Crippen LogP contribution in [0.2, 0.25) is 0 Å². The number of hydrogen-bond acceptors (Lipinski definition) is 4. The standard InChI is InChI=1S/C12H13N3O/c13-7-8-3-4-14-12(5-8)15-10-6-9-1-2-11(10)16-9/h3-5,9-11H,1-2,6H2,(H,14,15). The second-order valence-electron chi connectivity index (χ2n) is 4.40. The summed E-state index contributed by atoms with van der Waals surface area (Å²) >= 11 is 0. The van der Waals surface area contributed by atoms with Crippen LogP contribution < -0.4 is 5.32 Å². The van der Waals surface area contributed by atoms with E-state index in [0.717, 1.165) is 18.7 Å². The van der Waals surface area contributed by atoms with Crippen LogP contribution in [0.15, 0.2) is 18.3 Å². The van der Waals surface area contributed by atoms with Crippen LogP contribution >= 0.6 is 0 Å². The lowest BCUT2D eigenvalue weighted by atomic mass is 9.95. The lowest BCUT2D eigenvalue weighted by molar-refractivity contribution is 0.102. The lowest BCUT2D eigenvalue weighted by Gasteiger charge is -2.20. The number of nitrogens with one attached hydrogen (secondary N) is 1. The van der Waals surface area contributed by atoms with Gasteiger partial charge in [0.1, 0.15) is 5.82 Å². The molecule has 2 fully saturated rings. The van der Waals surface area contributed by atoms with Crippen molar-refractivity contribution in [2.75, 3.05) is 5.32 Å². The highest BCUT2D eigenvalue weighted by atomic mass is 16.5. The van der Waals surface area contributed by atoms with Crippen molar-refractivity contribution in [1.29, 1.82) is 5.26 Å². The zero-order valence-corrected chi connectivity index (χ0v) is 8.89. The quantitative estimate of drug-likeness (QED) is 0.815. The Morgan fingerprint density at radius 3 is 3.12 bits per heavy atom. The average molecular weight is 215 g/mol. The van der Waals surface area contributed by atoms with Crippen LogP contribution in [0.25, 0.3) is 0 Å². The largest absolute Gasteiger partial charge is 0.373 e. The van der Waals surface area contributed by atoms with E-state index in [0.29, 0.717) is 23.8 Å². The van der Waals surface area contributed by atoms with E-state index in [1.54, 1.807) is 18.3 Å². The highest BCUT2D eigenvalue weighted by Gasteiger charge is 2.40. The molecule has 2 bridgehead atoms. The third-order valence-electron chi connectivity index (χ3n) is 3.33. The van der Waals surface area contributed by atoms with Crippen molar-refractivity contribution in [2.45, 2.75) is 37.5 Å². The zero-order chi connectivity index (χ0) is 11.0. The van der Waals surface area contributed by atoms with Crippen molar-refractivity contribution in [3.05, 3.63) is 23.9 Å². The summed E-state index contributed by atoms with van der Waals surface area (Å²) in [6, 6.07) is 5.97. The predicted molar refractivity (Wildman–Crippen MR) is 58.9 cm³/mol. The van der Waals surface area contributed by atoms with Crippen LogP contribution in [0.5, 0.6) is 0 Å². The number of rotatable bonds is 2. The third-order valence-corrected chi connectivity index (χ3v) is 3.33. The lowest BCUT2D eigenvalue weighted by Crippen LogP contribution is -2.30. The molecular formula is C12H13N3O. The van der Waals surface area contributed by atoms with Gasteiger partial charge in [0, 0.05) is 6.20 Å². The molecule has 4 heteroatoms. The number of pyridine rings is 1. The molecule has 3 heterocycles. The van der Waals surface area contributed by atoms with Gasteiger partial charge in [-0.15, -0.1) is 0 Å². The van der Waals surface area contributed by atoms with Gasteiger partial charge in [-0.1, -0.05) is 0 Å². The maximum absolute atomic E-state index is 8.80.